The molecule has 6 heteroatoms. The topological polar surface area (TPSA) is 71.8 Å². The Kier molecular flexibility index (Phi) is 5.62. The third-order valence-corrected chi connectivity index (χ3v) is 2.32. The van der Waals surface area contributed by atoms with Gasteiger partial charge in [0.25, 0.3) is 0 Å². The van der Waals surface area contributed by atoms with Crippen LogP contribution in [0.2, 0.25) is 0 Å². The molecule has 0 aromatic carbocycles. The molecule has 0 aliphatic rings. The van der Waals surface area contributed by atoms with Crippen LogP contribution in [0, 0.1) is 5.92 Å². The molecule has 96 valence electrons. The predicted molar refractivity (Wildman–Crippen MR) is 65.2 cm³/mol. The largest absolute Gasteiger partial charge is 0.356 e. The maximum Gasteiger partial charge on any atom is 0.221 e. The number of hydrogen-bond donors (Lipinski definition) is 2. The highest BCUT2D eigenvalue weighted by atomic mass is 16.1. The lowest BCUT2D eigenvalue weighted by Gasteiger charge is -2.08. The minimum Gasteiger partial charge on any atom is -0.356 e. The van der Waals surface area contributed by atoms with Crippen molar-refractivity contribution in [2.45, 2.75) is 26.8 Å². The van der Waals surface area contributed by atoms with Gasteiger partial charge in [-0.05, 0) is 5.92 Å². The SMILES string of the molecule is CC(C)CNC(=O)CCNCc1nncn1C. The van der Waals surface area contributed by atoms with Gasteiger partial charge in [-0.25, -0.2) is 0 Å². The van der Waals surface area contributed by atoms with Crippen molar-refractivity contribution in [3.8, 4) is 0 Å². The van der Waals surface area contributed by atoms with Crippen LogP contribution >= 0.6 is 0 Å². The van der Waals surface area contributed by atoms with E-state index in [1.54, 1.807) is 6.33 Å². The van der Waals surface area contributed by atoms with Gasteiger partial charge in [0.1, 0.15) is 12.2 Å². The van der Waals surface area contributed by atoms with Crippen LogP contribution < -0.4 is 10.6 Å². The van der Waals surface area contributed by atoms with E-state index >= 15 is 0 Å². The third kappa shape index (κ3) is 5.44. The lowest BCUT2D eigenvalue weighted by molar-refractivity contribution is -0.121. The molecule has 6 nitrogen and oxygen atoms in total. The van der Waals surface area contributed by atoms with Crippen molar-refractivity contribution in [1.29, 1.82) is 0 Å². The van der Waals surface area contributed by atoms with E-state index in [2.05, 4.69) is 34.7 Å². The van der Waals surface area contributed by atoms with E-state index in [0.29, 0.717) is 25.4 Å². The van der Waals surface area contributed by atoms with Crippen molar-refractivity contribution in [2.75, 3.05) is 13.1 Å². The molecule has 0 aliphatic carbocycles. The van der Waals surface area contributed by atoms with Crippen LogP contribution in [-0.2, 0) is 18.4 Å². The lowest BCUT2D eigenvalue weighted by Crippen LogP contribution is -2.30. The zero-order valence-electron chi connectivity index (χ0n) is 10.7. The molecule has 0 saturated carbocycles. The number of hydrogen-bond acceptors (Lipinski definition) is 4. The van der Waals surface area contributed by atoms with Crippen molar-refractivity contribution in [3.05, 3.63) is 12.2 Å². The molecule has 0 spiro atoms. The molecule has 0 bridgehead atoms. The Morgan fingerprint density at radius 1 is 1.53 bits per heavy atom. The molecular weight excluding hydrogens is 218 g/mol. The number of carbonyl (C=O) groups is 1. The number of nitrogens with one attached hydrogen (secondary N) is 2. The standard InChI is InChI=1S/C11H21N5O/c1-9(2)6-13-11(17)4-5-12-7-10-15-14-8-16(10)3/h8-9,12H,4-7H2,1-3H3,(H,13,17). The van der Waals surface area contributed by atoms with E-state index in [-0.39, 0.29) is 5.91 Å². The number of amides is 1. The van der Waals surface area contributed by atoms with Crippen LogP contribution in [0.3, 0.4) is 0 Å². The first-order chi connectivity index (χ1) is 8.09. The minimum absolute atomic E-state index is 0.0872. The normalized spacial score (nSPS) is 10.8. The fourth-order valence-electron chi connectivity index (χ4n) is 1.28. The van der Waals surface area contributed by atoms with E-state index in [4.69, 9.17) is 0 Å². The van der Waals surface area contributed by atoms with Crippen LogP contribution in [0.25, 0.3) is 0 Å². The Morgan fingerprint density at radius 2 is 2.29 bits per heavy atom. The van der Waals surface area contributed by atoms with Crippen LogP contribution in [0.1, 0.15) is 26.1 Å². The van der Waals surface area contributed by atoms with Crippen molar-refractivity contribution in [1.82, 2.24) is 25.4 Å². The van der Waals surface area contributed by atoms with E-state index < -0.39 is 0 Å². The van der Waals surface area contributed by atoms with Crippen molar-refractivity contribution >= 4 is 5.91 Å². The molecule has 1 aromatic rings. The summed E-state index contributed by atoms with van der Waals surface area (Å²) in [5.74, 6) is 1.45. The average molecular weight is 239 g/mol. The lowest BCUT2D eigenvalue weighted by atomic mass is 10.2. The van der Waals surface area contributed by atoms with Gasteiger partial charge in [0.2, 0.25) is 5.91 Å². The second-order valence-electron chi connectivity index (χ2n) is 4.48. The van der Waals surface area contributed by atoms with Crippen molar-refractivity contribution in [3.63, 3.8) is 0 Å². The highest BCUT2D eigenvalue weighted by Gasteiger charge is 2.03. The first-order valence-electron chi connectivity index (χ1n) is 5.90. The molecule has 1 aromatic heterocycles. The molecular formula is C11H21N5O. The Hall–Kier alpha value is -1.43. The molecule has 0 fully saturated rings. The summed E-state index contributed by atoms with van der Waals surface area (Å²) in [4.78, 5) is 11.4. The summed E-state index contributed by atoms with van der Waals surface area (Å²) in [5.41, 5.74) is 0. The molecule has 0 aliphatic heterocycles. The molecule has 0 radical (unpaired) electrons. The van der Waals surface area contributed by atoms with E-state index in [1.807, 2.05) is 11.6 Å². The molecule has 1 heterocycles. The van der Waals surface area contributed by atoms with Gasteiger partial charge in [0, 0.05) is 26.6 Å². The molecule has 17 heavy (non-hydrogen) atoms. The molecule has 1 rings (SSSR count). The van der Waals surface area contributed by atoms with Crippen molar-refractivity contribution in [2.24, 2.45) is 13.0 Å². The fraction of sp³-hybridized carbons (Fsp3) is 0.727. The maximum atomic E-state index is 11.4. The van der Waals surface area contributed by atoms with Gasteiger partial charge in [0.05, 0.1) is 6.54 Å². The maximum absolute atomic E-state index is 11.4. The molecule has 0 atom stereocenters. The smallest absolute Gasteiger partial charge is 0.221 e. The monoisotopic (exact) mass is 239 g/mol. The zero-order valence-corrected chi connectivity index (χ0v) is 10.7. The van der Waals surface area contributed by atoms with Gasteiger partial charge in [-0.2, -0.15) is 0 Å². The second-order valence-corrected chi connectivity index (χ2v) is 4.48. The Balaban J connectivity index is 2.08. The second kappa shape index (κ2) is 7.01. The van der Waals surface area contributed by atoms with Crippen molar-refractivity contribution < 1.29 is 4.79 Å². The molecule has 2 N–H and O–H groups in total. The zero-order chi connectivity index (χ0) is 12.7. The summed E-state index contributed by atoms with van der Waals surface area (Å²) < 4.78 is 1.85. The quantitative estimate of drug-likeness (QED) is 0.660. The summed E-state index contributed by atoms with van der Waals surface area (Å²) in [7, 11) is 1.90. The summed E-state index contributed by atoms with van der Waals surface area (Å²) >= 11 is 0. The number of aryl methyl sites for hydroxylation is 1. The Labute approximate surface area is 102 Å². The molecule has 0 saturated heterocycles. The van der Waals surface area contributed by atoms with Gasteiger partial charge in [-0.3, -0.25) is 4.79 Å². The van der Waals surface area contributed by atoms with Crippen LogP contribution in [-0.4, -0.2) is 33.8 Å². The Bertz CT molecular complexity index is 347. The van der Waals surface area contributed by atoms with E-state index in [1.165, 1.54) is 0 Å². The highest BCUT2D eigenvalue weighted by molar-refractivity contribution is 5.76. The fourth-order valence-corrected chi connectivity index (χ4v) is 1.28. The number of carbonyl (C=O) groups excluding carboxylic acids is 1. The molecule has 1 amide bonds. The summed E-state index contributed by atoms with van der Waals surface area (Å²) in [6, 6.07) is 0. The first-order valence-corrected chi connectivity index (χ1v) is 5.90. The number of rotatable bonds is 7. The van der Waals surface area contributed by atoms with Crippen LogP contribution in [0.5, 0.6) is 0 Å². The summed E-state index contributed by atoms with van der Waals surface area (Å²) in [5, 5.41) is 13.8. The van der Waals surface area contributed by atoms with Crippen LogP contribution in [0.4, 0.5) is 0 Å². The Morgan fingerprint density at radius 3 is 2.88 bits per heavy atom. The molecule has 0 unspecified atom stereocenters. The summed E-state index contributed by atoms with van der Waals surface area (Å²) in [6.07, 6.45) is 2.15. The minimum atomic E-state index is 0.0872. The number of aromatic nitrogens is 3. The van der Waals surface area contributed by atoms with Gasteiger partial charge in [-0.15, -0.1) is 10.2 Å². The van der Waals surface area contributed by atoms with Crippen LogP contribution in [0.15, 0.2) is 6.33 Å². The van der Waals surface area contributed by atoms with E-state index in [9.17, 15) is 4.79 Å². The van der Waals surface area contributed by atoms with Gasteiger partial charge < -0.3 is 15.2 Å². The third-order valence-electron chi connectivity index (χ3n) is 2.32. The first kappa shape index (κ1) is 13.6. The van der Waals surface area contributed by atoms with E-state index in [0.717, 1.165) is 12.4 Å². The van der Waals surface area contributed by atoms with Gasteiger partial charge in [-0.1, -0.05) is 13.8 Å². The number of nitrogens with zero attached hydrogens (tertiary/aromatic N) is 3. The van der Waals surface area contributed by atoms with Gasteiger partial charge in [0.15, 0.2) is 0 Å². The van der Waals surface area contributed by atoms with Gasteiger partial charge >= 0.3 is 0 Å². The summed E-state index contributed by atoms with van der Waals surface area (Å²) in [6.45, 7) is 6.17. The predicted octanol–water partition coefficient (Wildman–Crippen LogP) is 0.0670. The highest BCUT2D eigenvalue weighted by Crippen LogP contribution is 1.91. The average Bonchev–Trinajstić information content (AvgIpc) is 2.68.